The topological polar surface area (TPSA) is 87.6 Å². The van der Waals surface area contributed by atoms with Gasteiger partial charge in [0.05, 0.1) is 12.0 Å². The number of Topliss-reactive ketones (excluding diaryl/α,β-unsaturated/α-hetero) is 1. The summed E-state index contributed by atoms with van der Waals surface area (Å²) in [5, 5.41) is 0. The zero-order chi connectivity index (χ0) is 17.4. The first-order valence-electron chi connectivity index (χ1n) is 7.96. The number of rotatable bonds is 3. The molecule has 2 aromatic rings. The minimum absolute atomic E-state index is 0.0504. The zero-order valence-electron chi connectivity index (χ0n) is 14.2. The Balaban J connectivity index is 1.82. The van der Waals surface area contributed by atoms with Crippen LogP contribution in [0, 0.1) is 20.8 Å². The van der Waals surface area contributed by atoms with Gasteiger partial charge in [0.15, 0.2) is 5.78 Å². The van der Waals surface area contributed by atoms with Gasteiger partial charge in [-0.15, -0.1) is 0 Å². The summed E-state index contributed by atoms with van der Waals surface area (Å²) in [4.78, 5) is 12.6. The Morgan fingerprint density at radius 2 is 1.75 bits per heavy atom. The molecule has 0 spiro atoms. The van der Waals surface area contributed by atoms with Crippen molar-refractivity contribution < 1.29 is 14.3 Å². The second-order valence-corrected chi connectivity index (χ2v) is 6.24. The fourth-order valence-electron chi connectivity index (χ4n) is 2.99. The van der Waals surface area contributed by atoms with E-state index in [2.05, 4.69) is 0 Å². The molecule has 0 radical (unpaired) electrons. The lowest BCUT2D eigenvalue weighted by molar-refractivity contribution is 0.0739. The Kier molecular flexibility index (Phi) is 4.09. The van der Waals surface area contributed by atoms with Crippen molar-refractivity contribution in [2.75, 3.05) is 18.1 Å². The Labute approximate surface area is 141 Å². The van der Waals surface area contributed by atoms with Crippen LogP contribution in [0.3, 0.4) is 0 Å². The van der Waals surface area contributed by atoms with Crippen LogP contribution in [0.5, 0.6) is 11.5 Å². The molecule has 0 fully saturated rings. The van der Waals surface area contributed by atoms with E-state index in [-0.39, 0.29) is 18.3 Å². The maximum absolute atomic E-state index is 12.6. The fourth-order valence-corrected chi connectivity index (χ4v) is 2.99. The first kappa shape index (κ1) is 16.2. The highest BCUT2D eigenvalue weighted by Gasteiger charge is 2.31. The van der Waals surface area contributed by atoms with Gasteiger partial charge in [0.2, 0.25) is 0 Å². The normalized spacial score (nSPS) is 16.5. The Morgan fingerprint density at radius 1 is 1.08 bits per heavy atom. The SMILES string of the molecule is Cc1c(C)c2c(c(C)c1N)C(=O)CC(COc1ccc(N)cc1)O2. The summed E-state index contributed by atoms with van der Waals surface area (Å²) >= 11 is 0. The molecule has 126 valence electrons. The molecule has 0 saturated heterocycles. The maximum atomic E-state index is 12.6. The van der Waals surface area contributed by atoms with Gasteiger partial charge in [0.1, 0.15) is 24.2 Å². The first-order valence-corrected chi connectivity index (χ1v) is 7.96. The van der Waals surface area contributed by atoms with E-state index in [1.54, 1.807) is 24.3 Å². The molecule has 5 heteroatoms. The molecule has 1 atom stereocenters. The molecular weight excluding hydrogens is 304 g/mol. The molecule has 1 aliphatic heterocycles. The Hall–Kier alpha value is -2.69. The third kappa shape index (κ3) is 2.77. The van der Waals surface area contributed by atoms with E-state index in [4.69, 9.17) is 20.9 Å². The molecule has 0 aromatic heterocycles. The van der Waals surface area contributed by atoms with Crippen LogP contribution >= 0.6 is 0 Å². The van der Waals surface area contributed by atoms with Crippen molar-refractivity contribution in [2.45, 2.75) is 33.3 Å². The van der Waals surface area contributed by atoms with E-state index in [0.29, 0.717) is 35.0 Å². The van der Waals surface area contributed by atoms with E-state index in [9.17, 15) is 4.79 Å². The van der Waals surface area contributed by atoms with Crippen LogP contribution < -0.4 is 20.9 Å². The Morgan fingerprint density at radius 3 is 2.42 bits per heavy atom. The summed E-state index contributed by atoms with van der Waals surface area (Å²) in [5.74, 6) is 1.39. The van der Waals surface area contributed by atoms with Gasteiger partial charge in [0.25, 0.3) is 0 Å². The van der Waals surface area contributed by atoms with E-state index in [0.717, 1.165) is 16.7 Å². The van der Waals surface area contributed by atoms with Crippen molar-refractivity contribution in [1.82, 2.24) is 0 Å². The second-order valence-electron chi connectivity index (χ2n) is 6.24. The standard InChI is InChI=1S/C19H22N2O3/c1-10-11(2)19-17(12(3)18(10)21)16(22)8-15(24-19)9-23-14-6-4-13(20)5-7-14/h4-7,15H,8-9,20-21H2,1-3H3. The van der Waals surface area contributed by atoms with Crippen LogP contribution in [0.1, 0.15) is 33.5 Å². The quantitative estimate of drug-likeness (QED) is 0.846. The van der Waals surface area contributed by atoms with E-state index >= 15 is 0 Å². The minimum atomic E-state index is -0.316. The van der Waals surface area contributed by atoms with Gasteiger partial charge in [-0.3, -0.25) is 4.79 Å². The molecule has 2 aromatic carbocycles. The maximum Gasteiger partial charge on any atom is 0.170 e. The fraction of sp³-hybridized carbons (Fsp3) is 0.316. The van der Waals surface area contributed by atoms with E-state index in [1.807, 2.05) is 20.8 Å². The highest BCUT2D eigenvalue weighted by atomic mass is 16.5. The summed E-state index contributed by atoms with van der Waals surface area (Å²) in [5.41, 5.74) is 16.4. The number of hydrogen-bond acceptors (Lipinski definition) is 5. The smallest absolute Gasteiger partial charge is 0.170 e. The Bertz CT molecular complexity index is 797. The van der Waals surface area contributed by atoms with Crippen molar-refractivity contribution in [3.8, 4) is 11.5 Å². The number of nitrogens with two attached hydrogens (primary N) is 2. The number of ketones is 1. The number of fused-ring (bicyclic) bond motifs is 1. The van der Waals surface area contributed by atoms with Gasteiger partial charge in [-0.2, -0.15) is 0 Å². The predicted molar refractivity (Wildman–Crippen MR) is 94.8 cm³/mol. The van der Waals surface area contributed by atoms with Gasteiger partial charge in [-0.05, 0) is 61.7 Å². The summed E-state index contributed by atoms with van der Waals surface area (Å²) in [6, 6.07) is 7.15. The number of hydrogen-bond donors (Lipinski definition) is 2. The molecule has 1 unspecified atom stereocenters. The third-order valence-corrected chi connectivity index (χ3v) is 4.61. The molecule has 0 aliphatic carbocycles. The third-order valence-electron chi connectivity index (χ3n) is 4.61. The monoisotopic (exact) mass is 326 g/mol. The molecule has 24 heavy (non-hydrogen) atoms. The average molecular weight is 326 g/mol. The molecule has 5 nitrogen and oxygen atoms in total. The van der Waals surface area contributed by atoms with Crippen molar-refractivity contribution in [3.63, 3.8) is 0 Å². The minimum Gasteiger partial charge on any atom is -0.490 e. The van der Waals surface area contributed by atoms with Crippen LogP contribution in [-0.4, -0.2) is 18.5 Å². The molecule has 4 N–H and O–H groups in total. The van der Waals surface area contributed by atoms with Crippen molar-refractivity contribution >= 4 is 17.2 Å². The molecule has 0 amide bonds. The summed E-state index contributed by atoms with van der Waals surface area (Å²) in [7, 11) is 0. The van der Waals surface area contributed by atoms with Gasteiger partial charge in [-0.25, -0.2) is 0 Å². The molecule has 0 saturated carbocycles. The highest BCUT2D eigenvalue weighted by molar-refractivity contribution is 6.03. The van der Waals surface area contributed by atoms with Gasteiger partial charge in [-0.1, -0.05) is 0 Å². The average Bonchev–Trinajstić information content (AvgIpc) is 2.57. The van der Waals surface area contributed by atoms with Crippen LogP contribution in [0.2, 0.25) is 0 Å². The number of ether oxygens (including phenoxy) is 2. The molecule has 1 aliphatic rings. The van der Waals surface area contributed by atoms with Crippen molar-refractivity contribution in [1.29, 1.82) is 0 Å². The van der Waals surface area contributed by atoms with E-state index < -0.39 is 0 Å². The predicted octanol–water partition coefficient (Wildman–Crippen LogP) is 3.19. The number of carbonyl (C=O) groups is 1. The first-order chi connectivity index (χ1) is 11.4. The molecule has 1 heterocycles. The number of nitrogen functional groups attached to an aromatic ring is 2. The largest absolute Gasteiger partial charge is 0.490 e. The van der Waals surface area contributed by atoms with Crippen molar-refractivity contribution in [2.24, 2.45) is 0 Å². The van der Waals surface area contributed by atoms with Crippen molar-refractivity contribution in [3.05, 3.63) is 46.5 Å². The molecule has 3 rings (SSSR count). The molecule has 0 bridgehead atoms. The summed E-state index contributed by atoms with van der Waals surface area (Å²) < 4.78 is 11.8. The highest BCUT2D eigenvalue weighted by Crippen LogP contribution is 2.39. The second kappa shape index (κ2) is 6.07. The lowest BCUT2D eigenvalue weighted by atomic mass is 9.90. The number of anilines is 2. The summed E-state index contributed by atoms with van der Waals surface area (Å²) in [6.07, 6.45) is -0.0335. The zero-order valence-corrected chi connectivity index (χ0v) is 14.2. The lowest BCUT2D eigenvalue weighted by Crippen LogP contribution is -2.33. The lowest BCUT2D eigenvalue weighted by Gasteiger charge is -2.29. The van der Waals surface area contributed by atoms with Crippen LogP contribution in [0.25, 0.3) is 0 Å². The van der Waals surface area contributed by atoms with Gasteiger partial charge < -0.3 is 20.9 Å². The number of benzene rings is 2. The van der Waals surface area contributed by atoms with E-state index in [1.165, 1.54) is 0 Å². The molecular formula is C19H22N2O3. The van der Waals surface area contributed by atoms with Gasteiger partial charge >= 0.3 is 0 Å². The van der Waals surface area contributed by atoms with Crippen LogP contribution in [0.4, 0.5) is 11.4 Å². The number of carbonyl (C=O) groups excluding carboxylic acids is 1. The van der Waals surface area contributed by atoms with Gasteiger partial charge in [0, 0.05) is 11.4 Å². The van der Waals surface area contributed by atoms with Crippen LogP contribution in [0.15, 0.2) is 24.3 Å². The van der Waals surface area contributed by atoms with Crippen LogP contribution in [-0.2, 0) is 0 Å². The summed E-state index contributed by atoms with van der Waals surface area (Å²) in [6.45, 7) is 6.05.